The molecule has 1 unspecified atom stereocenters. The summed E-state index contributed by atoms with van der Waals surface area (Å²) in [6.07, 6.45) is 1.41. The lowest BCUT2D eigenvalue weighted by Gasteiger charge is -2.15. The molecule has 0 aliphatic carbocycles. The van der Waals surface area contributed by atoms with E-state index in [1.807, 2.05) is 29.6 Å². The van der Waals surface area contributed by atoms with Gasteiger partial charge in [-0.25, -0.2) is 4.98 Å². The molecule has 0 aliphatic rings. The third-order valence-corrected chi connectivity index (χ3v) is 6.36. The lowest BCUT2D eigenvalue weighted by atomic mass is 10.1. The summed E-state index contributed by atoms with van der Waals surface area (Å²) in [4.78, 5) is 42.3. The average Bonchev–Trinajstić information content (AvgIpc) is 3.20. The Morgan fingerprint density at radius 2 is 1.66 bits per heavy atom. The van der Waals surface area contributed by atoms with Crippen molar-refractivity contribution in [2.24, 2.45) is 0 Å². The van der Waals surface area contributed by atoms with E-state index in [0.717, 1.165) is 15.6 Å². The van der Waals surface area contributed by atoms with Crippen LogP contribution in [0, 0.1) is 0 Å². The molecular weight excluding hydrogens is 492 g/mol. The summed E-state index contributed by atoms with van der Waals surface area (Å²) in [5, 5.41) is 7.88. The van der Waals surface area contributed by atoms with E-state index in [0.29, 0.717) is 21.6 Å². The van der Waals surface area contributed by atoms with Gasteiger partial charge in [-0.15, -0.1) is 11.3 Å². The van der Waals surface area contributed by atoms with Gasteiger partial charge in [-0.1, -0.05) is 28.1 Å². The van der Waals surface area contributed by atoms with Crippen molar-refractivity contribution in [1.29, 1.82) is 0 Å². The number of carbonyl (C=O) groups is 2. The Kier molecular flexibility index (Phi) is 6.20. The Morgan fingerprint density at radius 1 is 1.03 bits per heavy atom. The largest absolute Gasteiger partial charge is 0.326 e. The molecule has 7 nitrogen and oxygen atoms in total. The van der Waals surface area contributed by atoms with E-state index >= 15 is 0 Å². The number of hydrogen-bond acceptors (Lipinski definition) is 5. The first-order valence-electron chi connectivity index (χ1n) is 9.76. The number of anilines is 2. The van der Waals surface area contributed by atoms with Crippen LogP contribution >= 0.6 is 27.3 Å². The highest BCUT2D eigenvalue weighted by Crippen LogP contribution is 2.31. The average molecular weight is 511 g/mol. The van der Waals surface area contributed by atoms with Gasteiger partial charge >= 0.3 is 0 Å². The lowest BCUT2D eigenvalue weighted by Crippen LogP contribution is -2.31. The molecule has 0 radical (unpaired) electrons. The second-order valence-corrected chi connectivity index (χ2v) is 8.99. The zero-order chi connectivity index (χ0) is 22.8. The molecule has 2 amide bonds. The Hall–Kier alpha value is -3.30. The Bertz CT molecular complexity index is 1360. The normalized spacial score (nSPS) is 11.8. The fraction of sp³-hybridized carbons (Fsp3) is 0.130. The van der Waals surface area contributed by atoms with Gasteiger partial charge in [-0.3, -0.25) is 19.0 Å². The minimum absolute atomic E-state index is 0.173. The fourth-order valence-electron chi connectivity index (χ4n) is 3.28. The van der Waals surface area contributed by atoms with Gasteiger partial charge < -0.3 is 10.6 Å². The molecule has 4 aromatic rings. The second kappa shape index (κ2) is 9.05. The van der Waals surface area contributed by atoms with Gasteiger partial charge in [0.2, 0.25) is 11.8 Å². The molecule has 0 saturated heterocycles. The molecule has 0 bridgehead atoms. The number of rotatable bonds is 5. The number of hydrogen-bond donors (Lipinski definition) is 2. The van der Waals surface area contributed by atoms with Gasteiger partial charge in [-0.2, -0.15) is 0 Å². The maximum absolute atomic E-state index is 13.3. The van der Waals surface area contributed by atoms with E-state index in [9.17, 15) is 14.4 Å². The summed E-state index contributed by atoms with van der Waals surface area (Å²) < 4.78 is 2.30. The molecule has 32 heavy (non-hydrogen) atoms. The van der Waals surface area contributed by atoms with Crippen molar-refractivity contribution < 1.29 is 9.59 Å². The monoisotopic (exact) mass is 510 g/mol. The highest BCUT2D eigenvalue weighted by atomic mass is 79.9. The molecule has 9 heteroatoms. The standard InChI is InChI=1S/C23H19BrN4O3S/c1-13(21(30)27-18-9-7-17(8-10-18)26-14(2)29)28-12-25-22-20(23(28)31)19(11-32-22)15-3-5-16(24)6-4-15/h3-13H,1-2H3,(H,26,29)(H,27,30). The van der Waals surface area contributed by atoms with Crippen LogP contribution in [0.25, 0.3) is 21.3 Å². The highest BCUT2D eigenvalue weighted by molar-refractivity contribution is 9.10. The van der Waals surface area contributed by atoms with Gasteiger partial charge in [0.1, 0.15) is 10.9 Å². The molecule has 2 aromatic carbocycles. The number of nitrogens with one attached hydrogen (secondary N) is 2. The predicted molar refractivity (Wildman–Crippen MR) is 131 cm³/mol. The smallest absolute Gasteiger partial charge is 0.263 e. The first-order chi connectivity index (χ1) is 15.3. The van der Waals surface area contributed by atoms with E-state index in [1.54, 1.807) is 31.2 Å². The van der Waals surface area contributed by atoms with Crippen molar-refractivity contribution in [2.75, 3.05) is 10.6 Å². The SMILES string of the molecule is CC(=O)Nc1ccc(NC(=O)C(C)n2cnc3scc(-c4ccc(Br)cc4)c3c2=O)cc1. The fourth-order valence-corrected chi connectivity index (χ4v) is 4.45. The summed E-state index contributed by atoms with van der Waals surface area (Å²) >= 11 is 4.82. The van der Waals surface area contributed by atoms with E-state index in [2.05, 4.69) is 31.5 Å². The van der Waals surface area contributed by atoms with Crippen LogP contribution in [0.4, 0.5) is 11.4 Å². The van der Waals surface area contributed by atoms with Crippen molar-refractivity contribution in [3.05, 3.63) is 75.1 Å². The molecule has 0 fully saturated rings. The van der Waals surface area contributed by atoms with Gasteiger partial charge in [-0.05, 0) is 48.9 Å². The van der Waals surface area contributed by atoms with Crippen LogP contribution in [-0.2, 0) is 9.59 Å². The van der Waals surface area contributed by atoms with Crippen LogP contribution in [0.15, 0.2) is 69.5 Å². The van der Waals surface area contributed by atoms with Crippen molar-refractivity contribution >= 4 is 60.7 Å². The third kappa shape index (κ3) is 4.49. The van der Waals surface area contributed by atoms with E-state index in [-0.39, 0.29) is 17.4 Å². The third-order valence-electron chi connectivity index (χ3n) is 4.94. The maximum atomic E-state index is 13.3. The molecule has 0 spiro atoms. The quantitative estimate of drug-likeness (QED) is 0.393. The van der Waals surface area contributed by atoms with E-state index in [4.69, 9.17) is 0 Å². The molecule has 4 rings (SSSR count). The number of carbonyl (C=O) groups excluding carboxylic acids is 2. The molecular formula is C23H19BrN4O3S. The van der Waals surface area contributed by atoms with Gasteiger partial charge in [0.15, 0.2) is 0 Å². The van der Waals surface area contributed by atoms with E-state index < -0.39 is 6.04 Å². The lowest BCUT2D eigenvalue weighted by molar-refractivity contribution is -0.119. The molecule has 2 aromatic heterocycles. The predicted octanol–water partition coefficient (Wildman–Crippen LogP) is 5.05. The van der Waals surface area contributed by atoms with Crippen molar-refractivity contribution in [3.63, 3.8) is 0 Å². The molecule has 0 aliphatic heterocycles. The summed E-state index contributed by atoms with van der Waals surface area (Å²) in [6.45, 7) is 3.08. The van der Waals surface area contributed by atoms with Crippen LogP contribution in [0.5, 0.6) is 0 Å². The molecule has 2 heterocycles. The van der Waals surface area contributed by atoms with E-state index in [1.165, 1.54) is 29.2 Å². The van der Waals surface area contributed by atoms with Gasteiger partial charge in [0.05, 0.1) is 11.7 Å². The number of nitrogens with zero attached hydrogens (tertiary/aromatic N) is 2. The Labute approximate surface area is 196 Å². The number of thiophene rings is 1. The first kappa shape index (κ1) is 21.9. The van der Waals surface area contributed by atoms with Crippen LogP contribution in [0.3, 0.4) is 0 Å². The number of halogens is 1. The minimum atomic E-state index is -0.771. The summed E-state index contributed by atoms with van der Waals surface area (Å²) in [5.41, 5.74) is 2.63. The Balaban J connectivity index is 1.61. The number of fused-ring (bicyclic) bond motifs is 1. The second-order valence-electron chi connectivity index (χ2n) is 7.22. The minimum Gasteiger partial charge on any atom is -0.326 e. The number of benzene rings is 2. The summed E-state index contributed by atoms with van der Waals surface area (Å²) in [6, 6.07) is 13.7. The van der Waals surface area contributed by atoms with Crippen LogP contribution in [-0.4, -0.2) is 21.4 Å². The van der Waals surface area contributed by atoms with Crippen molar-refractivity contribution in [1.82, 2.24) is 9.55 Å². The number of aromatic nitrogens is 2. The van der Waals surface area contributed by atoms with Gasteiger partial charge in [0.25, 0.3) is 5.56 Å². The first-order valence-corrected chi connectivity index (χ1v) is 11.4. The van der Waals surface area contributed by atoms with Gasteiger partial charge in [0, 0.05) is 33.7 Å². The van der Waals surface area contributed by atoms with Crippen molar-refractivity contribution in [2.45, 2.75) is 19.9 Å². The topological polar surface area (TPSA) is 93.1 Å². The van der Waals surface area contributed by atoms with Crippen LogP contribution in [0.1, 0.15) is 19.9 Å². The maximum Gasteiger partial charge on any atom is 0.263 e. The molecule has 1 atom stereocenters. The zero-order valence-electron chi connectivity index (χ0n) is 17.3. The van der Waals surface area contributed by atoms with Crippen molar-refractivity contribution in [3.8, 4) is 11.1 Å². The molecule has 162 valence electrons. The Morgan fingerprint density at radius 3 is 2.28 bits per heavy atom. The summed E-state index contributed by atoms with van der Waals surface area (Å²) in [7, 11) is 0. The molecule has 0 saturated carbocycles. The number of amides is 2. The summed E-state index contributed by atoms with van der Waals surface area (Å²) in [5.74, 6) is -0.519. The molecule has 2 N–H and O–H groups in total. The highest BCUT2D eigenvalue weighted by Gasteiger charge is 2.20. The zero-order valence-corrected chi connectivity index (χ0v) is 19.7. The van der Waals surface area contributed by atoms with Crippen LogP contribution in [0.2, 0.25) is 0 Å². The van der Waals surface area contributed by atoms with Crippen LogP contribution < -0.4 is 16.2 Å².